The summed E-state index contributed by atoms with van der Waals surface area (Å²) in [6.45, 7) is 4.65. The lowest BCUT2D eigenvalue weighted by Crippen LogP contribution is -2.47. The molecule has 26 heavy (non-hydrogen) atoms. The molecule has 0 N–H and O–H groups in total. The molecule has 0 spiro atoms. The zero-order valence-corrected chi connectivity index (χ0v) is 16.5. The first kappa shape index (κ1) is 19.3. The number of amides is 1. The van der Waals surface area contributed by atoms with Crippen LogP contribution in [-0.4, -0.2) is 40.6 Å². The van der Waals surface area contributed by atoms with E-state index in [0.29, 0.717) is 18.3 Å². The van der Waals surface area contributed by atoms with Crippen LogP contribution in [0.25, 0.3) is 0 Å². The van der Waals surface area contributed by atoms with E-state index in [1.165, 1.54) is 5.56 Å². The van der Waals surface area contributed by atoms with E-state index in [1.807, 2.05) is 23.1 Å². The van der Waals surface area contributed by atoms with Gasteiger partial charge in [0.15, 0.2) is 0 Å². The number of thioether (sulfide) groups is 1. The van der Waals surface area contributed by atoms with Crippen LogP contribution in [0.2, 0.25) is 0 Å². The van der Waals surface area contributed by atoms with Gasteiger partial charge in [-0.1, -0.05) is 57.0 Å². The Morgan fingerprint density at radius 3 is 2.65 bits per heavy atom. The molecular weight excluding hydrogens is 346 g/mol. The first-order valence-corrected chi connectivity index (χ1v) is 10.9. The zero-order valence-electron chi connectivity index (χ0n) is 15.7. The van der Waals surface area contributed by atoms with Crippen molar-refractivity contribution >= 4 is 23.6 Å². The summed E-state index contributed by atoms with van der Waals surface area (Å²) in [6, 6.07) is 9.81. The lowest BCUT2D eigenvalue weighted by Gasteiger charge is -2.28. The highest BCUT2D eigenvalue weighted by Crippen LogP contribution is 2.50. The van der Waals surface area contributed by atoms with Crippen molar-refractivity contribution in [2.45, 2.75) is 63.3 Å². The number of ether oxygens (including phenoxy) is 1. The predicted octanol–water partition coefficient (Wildman–Crippen LogP) is 4.20. The molecule has 1 aliphatic carbocycles. The predicted molar refractivity (Wildman–Crippen MR) is 105 cm³/mol. The van der Waals surface area contributed by atoms with Crippen molar-refractivity contribution in [3.8, 4) is 0 Å². The maximum Gasteiger partial charge on any atom is 0.329 e. The quantitative estimate of drug-likeness (QED) is 0.504. The lowest BCUT2D eigenvalue weighted by molar-refractivity contribution is -0.154. The molecule has 2 aliphatic rings. The van der Waals surface area contributed by atoms with Crippen LogP contribution >= 0.6 is 11.8 Å². The van der Waals surface area contributed by atoms with E-state index in [1.54, 1.807) is 11.8 Å². The van der Waals surface area contributed by atoms with E-state index in [-0.39, 0.29) is 23.2 Å². The molecule has 1 amide bonds. The van der Waals surface area contributed by atoms with Gasteiger partial charge in [-0.05, 0) is 30.7 Å². The summed E-state index contributed by atoms with van der Waals surface area (Å²) >= 11 is 1.73. The first-order chi connectivity index (χ1) is 12.7. The summed E-state index contributed by atoms with van der Waals surface area (Å²) in [5.74, 6) is 0.883. The SMILES string of the molecule is CCCCOC(=O)C1CSC(CCC)N1C(=O)C1CC1c1ccccc1. The fourth-order valence-corrected chi connectivity index (χ4v) is 5.17. The van der Waals surface area contributed by atoms with Crippen molar-refractivity contribution < 1.29 is 14.3 Å². The Morgan fingerprint density at radius 2 is 1.96 bits per heavy atom. The second-order valence-corrected chi connectivity index (χ2v) is 8.43. The van der Waals surface area contributed by atoms with Gasteiger partial charge < -0.3 is 9.64 Å². The Kier molecular flexibility index (Phi) is 6.63. The highest BCUT2D eigenvalue weighted by atomic mass is 32.2. The molecule has 4 unspecified atom stereocenters. The van der Waals surface area contributed by atoms with E-state index < -0.39 is 6.04 Å². The molecule has 1 saturated heterocycles. The topological polar surface area (TPSA) is 46.6 Å². The van der Waals surface area contributed by atoms with Gasteiger partial charge in [-0.25, -0.2) is 4.79 Å². The van der Waals surface area contributed by atoms with Crippen LogP contribution in [0.3, 0.4) is 0 Å². The van der Waals surface area contributed by atoms with Gasteiger partial charge in [-0.2, -0.15) is 0 Å². The van der Waals surface area contributed by atoms with Crippen molar-refractivity contribution in [1.29, 1.82) is 0 Å². The molecule has 0 bridgehead atoms. The Balaban J connectivity index is 1.68. The van der Waals surface area contributed by atoms with Crippen LogP contribution in [0.4, 0.5) is 0 Å². The second-order valence-electron chi connectivity index (χ2n) is 7.22. The van der Waals surface area contributed by atoms with Crippen molar-refractivity contribution in [2.75, 3.05) is 12.4 Å². The summed E-state index contributed by atoms with van der Waals surface area (Å²) in [4.78, 5) is 27.6. The number of nitrogens with zero attached hydrogens (tertiary/aromatic N) is 1. The lowest BCUT2D eigenvalue weighted by atomic mass is 10.1. The van der Waals surface area contributed by atoms with Gasteiger partial charge in [0.1, 0.15) is 6.04 Å². The van der Waals surface area contributed by atoms with E-state index in [9.17, 15) is 9.59 Å². The Hall–Kier alpha value is -1.49. The number of rotatable bonds is 8. The van der Waals surface area contributed by atoms with Gasteiger partial charge >= 0.3 is 5.97 Å². The van der Waals surface area contributed by atoms with Gasteiger partial charge in [0.05, 0.1) is 12.0 Å². The largest absolute Gasteiger partial charge is 0.464 e. The summed E-state index contributed by atoms with van der Waals surface area (Å²) in [5.41, 5.74) is 1.23. The minimum Gasteiger partial charge on any atom is -0.464 e. The molecular formula is C21H29NO3S. The van der Waals surface area contributed by atoms with Crippen LogP contribution in [0.15, 0.2) is 30.3 Å². The molecule has 0 aromatic heterocycles. The molecule has 5 heteroatoms. The first-order valence-electron chi connectivity index (χ1n) is 9.82. The summed E-state index contributed by atoms with van der Waals surface area (Å²) < 4.78 is 5.44. The molecule has 1 heterocycles. The maximum absolute atomic E-state index is 13.2. The smallest absolute Gasteiger partial charge is 0.329 e. The molecule has 1 aromatic rings. The number of esters is 1. The third-order valence-electron chi connectivity index (χ3n) is 5.23. The maximum atomic E-state index is 13.2. The summed E-state index contributed by atoms with van der Waals surface area (Å²) in [5, 5.41) is 0.105. The van der Waals surface area contributed by atoms with Crippen LogP contribution < -0.4 is 0 Å². The van der Waals surface area contributed by atoms with Crippen LogP contribution in [0.1, 0.15) is 57.4 Å². The molecule has 0 radical (unpaired) electrons. The summed E-state index contributed by atoms with van der Waals surface area (Å²) in [7, 11) is 0. The van der Waals surface area contributed by atoms with Crippen molar-refractivity contribution in [2.24, 2.45) is 5.92 Å². The highest BCUT2D eigenvalue weighted by Gasteiger charge is 2.51. The average molecular weight is 376 g/mol. The Bertz CT molecular complexity index is 621. The van der Waals surface area contributed by atoms with E-state index >= 15 is 0 Å². The molecule has 3 rings (SSSR count). The molecule has 4 nitrogen and oxygen atoms in total. The fourth-order valence-electron chi connectivity index (χ4n) is 3.65. The Labute approximate surface area is 160 Å². The van der Waals surface area contributed by atoms with Gasteiger partial charge in [0, 0.05) is 11.7 Å². The normalized spacial score (nSPS) is 27.4. The molecule has 142 valence electrons. The molecule has 2 fully saturated rings. The monoisotopic (exact) mass is 375 g/mol. The van der Waals surface area contributed by atoms with Crippen LogP contribution in [0.5, 0.6) is 0 Å². The number of unbranched alkanes of at least 4 members (excludes halogenated alkanes) is 1. The zero-order chi connectivity index (χ0) is 18.5. The van der Waals surface area contributed by atoms with E-state index in [2.05, 4.69) is 26.0 Å². The number of benzene rings is 1. The van der Waals surface area contributed by atoms with Crippen molar-refractivity contribution in [3.63, 3.8) is 0 Å². The van der Waals surface area contributed by atoms with Crippen molar-refractivity contribution in [1.82, 2.24) is 4.90 Å². The number of carbonyl (C=O) groups is 2. The fraction of sp³-hybridized carbons (Fsp3) is 0.619. The number of carbonyl (C=O) groups excluding carboxylic acids is 2. The average Bonchev–Trinajstić information content (AvgIpc) is 3.36. The standard InChI is InChI=1S/C21H29NO3S/c1-3-5-12-25-21(24)18-14-26-19(9-4-2)22(18)20(23)17-13-16(17)15-10-7-6-8-11-15/h6-8,10-11,16-19H,3-5,9,12-14H2,1-2H3. The van der Waals surface area contributed by atoms with Gasteiger partial charge in [-0.3, -0.25) is 4.79 Å². The highest BCUT2D eigenvalue weighted by molar-refractivity contribution is 8.00. The summed E-state index contributed by atoms with van der Waals surface area (Å²) in [6.07, 6.45) is 4.69. The van der Waals surface area contributed by atoms with Gasteiger partial charge in [0.2, 0.25) is 5.91 Å². The van der Waals surface area contributed by atoms with Crippen LogP contribution in [-0.2, 0) is 14.3 Å². The minimum absolute atomic E-state index is 0.0152. The van der Waals surface area contributed by atoms with Crippen LogP contribution in [0, 0.1) is 5.92 Å². The number of hydrogen-bond acceptors (Lipinski definition) is 4. The van der Waals surface area contributed by atoms with Gasteiger partial charge in [-0.15, -0.1) is 11.8 Å². The molecule has 1 saturated carbocycles. The third-order valence-corrected chi connectivity index (χ3v) is 6.59. The number of hydrogen-bond donors (Lipinski definition) is 0. The Morgan fingerprint density at radius 1 is 1.19 bits per heavy atom. The second kappa shape index (κ2) is 8.94. The van der Waals surface area contributed by atoms with E-state index in [4.69, 9.17) is 4.74 Å². The van der Waals surface area contributed by atoms with Crippen molar-refractivity contribution in [3.05, 3.63) is 35.9 Å². The van der Waals surface area contributed by atoms with E-state index in [0.717, 1.165) is 32.1 Å². The molecule has 1 aliphatic heterocycles. The molecule has 1 aromatic carbocycles. The third kappa shape index (κ3) is 4.25. The minimum atomic E-state index is -0.419. The van der Waals surface area contributed by atoms with Gasteiger partial charge in [0.25, 0.3) is 0 Å². The molecule has 4 atom stereocenters.